The molecule has 0 aliphatic rings. The van der Waals surface area contributed by atoms with E-state index in [0.717, 1.165) is 5.69 Å². The lowest BCUT2D eigenvalue weighted by molar-refractivity contribution is -0.115. The van der Waals surface area contributed by atoms with Crippen LogP contribution in [0, 0.1) is 0 Å². The first-order chi connectivity index (χ1) is 5.83. The summed E-state index contributed by atoms with van der Waals surface area (Å²) in [5.74, 6) is -0.181. The van der Waals surface area contributed by atoms with Gasteiger partial charge in [0.15, 0.2) is 0 Å². The van der Waals surface area contributed by atoms with Crippen molar-refractivity contribution in [3.8, 4) is 0 Å². The van der Waals surface area contributed by atoms with Crippen molar-refractivity contribution in [3.05, 3.63) is 42.9 Å². The number of carbonyl (C=O) groups is 1. The summed E-state index contributed by atoms with van der Waals surface area (Å²) in [6, 6.07) is 3.74. The zero-order valence-electron chi connectivity index (χ0n) is 6.58. The first-order valence-corrected chi connectivity index (χ1v) is 3.56. The van der Waals surface area contributed by atoms with E-state index < -0.39 is 0 Å². The third-order valence-corrected chi connectivity index (χ3v) is 1.28. The van der Waals surface area contributed by atoms with E-state index in [1.807, 2.05) is 12.1 Å². The van der Waals surface area contributed by atoms with Gasteiger partial charge in [-0.3, -0.25) is 4.79 Å². The Morgan fingerprint density at radius 2 is 2.50 bits per heavy atom. The van der Waals surface area contributed by atoms with Crippen LogP contribution in [0.4, 0.5) is 0 Å². The molecule has 0 aromatic carbocycles. The Hall–Kier alpha value is -1.77. The summed E-state index contributed by atoms with van der Waals surface area (Å²) >= 11 is 0. The number of rotatable bonds is 3. The average molecular weight is 162 g/mol. The SMILES string of the molecule is C=CNC(=O)C=Cc1ccc[nH]1. The van der Waals surface area contributed by atoms with Crippen LogP contribution in [-0.2, 0) is 4.79 Å². The molecule has 0 aliphatic carbocycles. The fourth-order valence-corrected chi connectivity index (χ4v) is 0.762. The molecular weight excluding hydrogens is 152 g/mol. The van der Waals surface area contributed by atoms with Crippen molar-refractivity contribution in [1.29, 1.82) is 0 Å². The van der Waals surface area contributed by atoms with E-state index in [0.29, 0.717) is 0 Å². The van der Waals surface area contributed by atoms with Crippen molar-refractivity contribution in [3.63, 3.8) is 0 Å². The molecule has 1 aromatic rings. The number of hydrogen-bond donors (Lipinski definition) is 2. The van der Waals surface area contributed by atoms with Crippen molar-refractivity contribution in [2.45, 2.75) is 0 Å². The summed E-state index contributed by atoms with van der Waals surface area (Å²) < 4.78 is 0. The summed E-state index contributed by atoms with van der Waals surface area (Å²) in [5, 5.41) is 2.43. The fraction of sp³-hybridized carbons (Fsp3) is 0. The smallest absolute Gasteiger partial charge is 0.247 e. The quantitative estimate of drug-likeness (QED) is 0.646. The van der Waals surface area contributed by atoms with Crippen LogP contribution in [0.5, 0.6) is 0 Å². The lowest BCUT2D eigenvalue weighted by atomic mass is 10.4. The van der Waals surface area contributed by atoms with Gasteiger partial charge in [-0.2, -0.15) is 0 Å². The first-order valence-electron chi connectivity index (χ1n) is 3.56. The van der Waals surface area contributed by atoms with Gasteiger partial charge < -0.3 is 10.3 Å². The maximum Gasteiger partial charge on any atom is 0.247 e. The minimum absolute atomic E-state index is 0.181. The van der Waals surface area contributed by atoms with E-state index >= 15 is 0 Å². The van der Waals surface area contributed by atoms with Crippen LogP contribution < -0.4 is 5.32 Å². The number of carbonyl (C=O) groups excluding carboxylic acids is 1. The summed E-state index contributed by atoms with van der Waals surface area (Å²) in [6.45, 7) is 3.37. The molecule has 0 bridgehead atoms. The minimum Gasteiger partial charge on any atom is -0.362 e. The number of aromatic nitrogens is 1. The maximum atomic E-state index is 10.9. The molecule has 0 radical (unpaired) electrons. The fourth-order valence-electron chi connectivity index (χ4n) is 0.762. The highest BCUT2D eigenvalue weighted by atomic mass is 16.1. The van der Waals surface area contributed by atoms with Gasteiger partial charge in [0.2, 0.25) is 5.91 Å². The second-order valence-electron chi connectivity index (χ2n) is 2.17. The molecule has 1 heterocycles. The molecule has 3 heteroatoms. The maximum absolute atomic E-state index is 10.9. The topological polar surface area (TPSA) is 44.9 Å². The molecule has 3 nitrogen and oxygen atoms in total. The summed E-state index contributed by atoms with van der Waals surface area (Å²) in [4.78, 5) is 13.8. The van der Waals surface area contributed by atoms with E-state index in [2.05, 4.69) is 16.9 Å². The van der Waals surface area contributed by atoms with E-state index in [-0.39, 0.29) is 5.91 Å². The van der Waals surface area contributed by atoms with Crippen LogP contribution in [0.3, 0.4) is 0 Å². The molecule has 12 heavy (non-hydrogen) atoms. The van der Waals surface area contributed by atoms with Gasteiger partial charge in [0.05, 0.1) is 0 Å². The predicted octanol–water partition coefficient (Wildman–Crippen LogP) is 1.29. The Balaban J connectivity index is 2.50. The van der Waals surface area contributed by atoms with Crippen LogP contribution in [0.2, 0.25) is 0 Å². The molecule has 0 aliphatic heterocycles. The number of nitrogens with one attached hydrogen (secondary N) is 2. The zero-order valence-corrected chi connectivity index (χ0v) is 6.58. The lowest BCUT2D eigenvalue weighted by Gasteiger charge is -1.89. The molecule has 0 fully saturated rings. The number of hydrogen-bond acceptors (Lipinski definition) is 1. The van der Waals surface area contributed by atoms with E-state index in [1.54, 1.807) is 12.3 Å². The minimum atomic E-state index is -0.181. The van der Waals surface area contributed by atoms with Crippen molar-refractivity contribution in [2.75, 3.05) is 0 Å². The molecule has 0 spiro atoms. The van der Waals surface area contributed by atoms with Gasteiger partial charge in [-0.1, -0.05) is 6.58 Å². The Kier molecular flexibility index (Phi) is 2.90. The van der Waals surface area contributed by atoms with Crippen molar-refractivity contribution >= 4 is 12.0 Å². The monoisotopic (exact) mass is 162 g/mol. The highest BCUT2D eigenvalue weighted by Gasteiger charge is 1.89. The predicted molar refractivity (Wildman–Crippen MR) is 48.2 cm³/mol. The van der Waals surface area contributed by atoms with E-state index in [1.165, 1.54) is 12.3 Å². The third kappa shape index (κ3) is 2.46. The zero-order chi connectivity index (χ0) is 8.81. The Labute approximate surface area is 70.8 Å². The van der Waals surface area contributed by atoms with Crippen molar-refractivity contribution in [1.82, 2.24) is 10.3 Å². The normalized spacial score (nSPS) is 10.0. The highest BCUT2D eigenvalue weighted by Crippen LogP contribution is 1.96. The Morgan fingerprint density at radius 1 is 1.67 bits per heavy atom. The molecule has 2 N–H and O–H groups in total. The molecular formula is C9H10N2O. The molecule has 1 aromatic heterocycles. The van der Waals surface area contributed by atoms with E-state index in [9.17, 15) is 4.79 Å². The molecule has 0 saturated carbocycles. The first kappa shape index (κ1) is 8.33. The van der Waals surface area contributed by atoms with Crippen molar-refractivity contribution in [2.24, 2.45) is 0 Å². The summed E-state index contributed by atoms with van der Waals surface area (Å²) in [6.07, 6.45) is 6.28. The Morgan fingerprint density at radius 3 is 3.08 bits per heavy atom. The van der Waals surface area contributed by atoms with Gasteiger partial charge in [0.1, 0.15) is 0 Å². The largest absolute Gasteiger partial charge is 0.362 e. The third-order valence-electron chi connectivity index (χ3n) is 1.28. The van der Waals surface area contributed by atoms with E-state index in [4.69, 9.17) is 0 Å². The Bertz CT molecular complexity index is 285. The van der Waals surface area contributed by atoms with Crippen LogP contribution in [0.15, 0.2) is 37.2 Å². The lowest BCUT2D eigenvalue weighted by Crippen LogP contribution is -2.12. The van der Waals surface area contributed by atoms with Crippen LogP contribution in [-0.4, -0.2) is 10.9 Å². The highest BCUT2D eigenvalue weighted by molar-refractivity contribution is 5.91. The average Bonchev–Trinajstić information content (AvgIpc) is 2.53. The second kappa shape index (κ2) is 4.18. The number of H-pyrrole nitrogens is 1. The number of amides is 1. The standard InChI is InChI=1S/C9H10N2O/c1-2-10-9(12)6-5-8-4-3-7-11-8/h2-7,11H,1H2,(H,10,12). The summed E-state index contributed by atoms with van der Waals surface area (Å²) in [5.41, 5.74) is 0.897. The molecule has 0 saturated heterocycles. The van der Waals surface area contributed by atoms with Gasteiger partial charge in [0, 0.05) is 18.0 Å². The van der Waals surface area contributed by atoms with Gasteiger partial charge in [-0.05, 0) is 24.4 Å². The van der Waals surface area contributed by atoms with Gasteiger partial charge in [0.25, 0.3) is 0 Å². The molecule has 0 unspecified atom stereocenters. The van der Waals surface area contributed by atoms with Gasteiger partial charge >= 0.3 is 0 Å². The van der Waals surface area contributed by atoms with Gasteiger partial charge in [-0.25, -0.2) is 0 Å². The number of aromatic amines is 1. The molecule has 1 amide bonds. The molecule has 62 valence electrons. The summed E-state index contributed by atoms with van der Waals surface area (Å²) in [7, 11) is 0. The van der Waals surface area contributed by atoms with Gasteiger partial charge in [-0.15, -0.1) is 0 Å². The van der Waals surface area contributed by atoms with Crippen LogP contribution >= 0.6 is 0 Å². The van der Waals surface area contributed by atoms with Crippen molar-refractivity contribution < 1.29 is 4.79 Å². The van der Waals surface area contributed by atoms with Crippen LogP contribution in [0.1, 0.15) is 5.69 Å². The van der Waals surface area contributed by atoms with Crippen LogP contribution in [0.25, 0.3) is 6.08 Å². The second-order valence-corrected chi connectivity index (χ2v) is 2.17. The molecule has 0 atom stereocenters. The molecule has 1 rings (SSSR count).